The highest BCUT2D eigenvalue weighted by Crippen LogP contribution is 2.50. The van der Waals surface area contributed by atoms with Crippen LogP contribution in [0.3, 0.4) is 0 Å². The summed E-state index contributed by atoms with van der Waals surface area (Å²) in [5, 5.41) is 34.1. The zero-order valence-corrected chi connectivity index (χ0v) is 17.3. The highest BCUT2D eigenvalue weighted by molar-refractivity contribution is 5.75. The van der Waals surface area contributed by atoms with Gasteiger partial charge in [0.25, 0.3) is 0 Å². The van der Waals surface area contributed by atoms with E-state index in [-0.39, 0.29) is 17.7 Å². The number of phenolic OH excluding ortho intramolecular Hbond substituents is 1. The average molecular weight is 408 g/mol. The normalized spacial score (nSPS) is 26.3. The maximum Gasteiger partial charge on any atom is 0.154 e. The minimum atomic E-state index is -0.351. The van der Waals surface area contributed by atoms with Crippen molar-refractivity contribution < 1.29 is 14.9 Å². The first-order valence-corrected chi connectivity index (χ1v) is 11.4. The van der Waals surface area contributed by atoms with Crippen molar-refractivity contribution >= 4 is 5.82 Å². The first-order chi connectivity index (χ1) is 14.6. The molecule has 0 saturated heterocycles. The zero-order chi connectivity index (χ0) is 20.3. The van der Waals surface area contributed by atoms with Gasteiger partial charge in [0, 0.05) is 17.5 Å². The molecule has 1 aromatic carbocycles. The van der Waals surface area contributed by atoms with Crippen molar-refractivity contribution in [2.24, 2.45) is 0 Å². The highest BCUT2D eigenvalue weighted by Gasteiger charge is 2.48. The molecule has 3 N–H and O–H groups in total. The second-order valence-corrected chi connectivity index (χ2v) is 9.56. The summed E-state index contributed by atoms with van der Waals surface area (Å²) in [5.41, 5.74) is 6.04. The molecular weight excluding hydrogens is 378 g/mol. The number of aromatic hydroxyl groups is 1. The van der Waals surface area contributed by atoms with Gasteiger partial charge in [-0.3, -0.25) is 0 Å². The van der Waals surface area contributed by atoms with Gasteiger partial charge in [-0.15, -0.1) is 10.2 Å². The molecule has 2 fully saturated rings. The third-order valence-electron chi connectivity index (χ3n) is 7.57. The number of hydrogen-bond donors (Lipinski definition) is 3. The molecule has 0 unspecified atom stereocenters. The largest absolute Gasteiger partial charge is 0.507 e. The van der Waals surface area contributed by atoms with E-state index in [9.17, 15) is 10.2 Å². The number of ether oxygens (including phenoxy) is 1. The van der Waals surface area contributed by atoms with Gasteiger partial charge in [-0.25, -0.2) is 0 Å². The molecule has 2 heterocycles. The number of aliphatic hydroxyl groups is 1. The SMILES string of the molecule is Oc1c(-c2nnc(N[C@@H]3CCCC[C@H]3O)c3c2CC2(CC2)OC3)ccc2c1CCC2. The molecule has 6 rings (SSSR count). The highest BCUT2D eigenvalue weighted by atomic mass is 16.5. The Morgan fingerprint density at radius 3 is 2.70 bits per heavy atom. The quantitative estimate of drug-likeness (QED) is 0.720. The molecule has 2 saturated carbocycles. The standard InChI is InChI=1S/C24H29N3O3/c28-20-7-2-1-6-19(20)25-23-18-13-30-24(10-11-24)12-17(18)21(26-27-23)16-9-8-14-4-3-5-15(14)22(16)29/h8-9,19-20,28-29H,1-7,10-13H2,(H,25,27)/t19-,20-/m1/s1. The molecule has 1 spiro atoms. The molecule has 2 aromatic rings. The van der Waals surface area contributed by atoms with Gasteiger partial charge < -0.3 is 20.3 Å². The molecular formula is C24H29N3O3. The Labute approximate surface area is 176 Å². The van der Waals surface area contributed by atoms with Crippen molar-refractivity contribution in [1.29, 1.82) is 0 Å². The summed E-state index contributed by atoms with van der Waals surface area (Å²) in [5.74, 6) is 1.11. The summed E-state index contributed by atoms with van der Waals surface area (Å²) < 4.78 is 6.22. The van der Waals surface area contributed by atoms with Crippen LogP contribution in [0.25, 0.3) is 11.3 Å². The van der Waals surface area contributed by atoms with Gasteiger partial charge in [-0.05, 0) is 67.7 Å². The minimum absolute atomic E-state index is 0.00760. The van der Waals surface area contributed by atoms with Crippen molar-refractivity contribution in [3.63, 3.8) is 0 Å². The number of fused-ring (bicyclic) bond motifs is 2. The van der Waals surface area contributed by atoms with Crippen LogP contribution in [0.1, 0.15) is 67.2 Å². The van der Waals surface area contributed by atoms with E-state index in [0.29, 0.717) is 12.4 Å². The predicted molar refractivity (Wildman–Crippen MR) is 114 cm³/mol. The molecule has 0 amide bonds. The molecule has 1 aliphatic heterocycles. The van der Waals surface area contributed by atoms with E-state index >= 15 is 0 Å². The van der Waals surface area contributed by atoms with E-state index in [1.165, 1.54) is 5.56 Å². The van der Waals surface area contributed by atoms with Gasteiger partial charge in [-0.1, -0.05) is 18.9 Å². The van der Waals surface area contributed by atoms with E-state index in [2.05, 4.69) is 21.6 Å². The number of nitrogens with one attached hydrogen (secondary N) is 1. The summed E-state index contributed by atoms with van der Waals surface area (Å²) in [6.45, 7) is 0.509. The first kappa shape index (κ1) is 18.6. The lowest BCUT2D eigenvalue weighted by Gasteiger charge is -2.32. The fraction of sp³-hybridized carbons (Fsp3) is 0.583. The fourth-order valence-corrected chi connectivity index (χ4v) is 5.54. The molecule has 2 atom stereocenters. The van der Waals surface area contributed by atoms with E-state index < -0.39 is 0 Å². The Hall–Kier alpha value is -2.18. The summed E-state index contributed by atoms with van der Waals surface area (Å²) in [4.78, 5) is 0. The maximum atomic E-state index is 11.0. The number of anilines is 1. The van der Waals surface area contributed by atoms with E-state index in [1.54, 1.807) is 0 Å². The molecule has 1 aromatic heterocycles. The second-order valence-electron chi connectivity index (χ2n) is 9.56. The average Bonchev–Trinajstić information content (AvgIpc) is 3.31. The van der Waals surface area contributed by atoms with Crippen molar-refractivity contribution in [3.05, 3.63) is 34.4 Å². The van der Waals surface area contributed by atoms with Gasteiger partial charge in [0.1, 0.15) is 11.4 Å². The van der Waals surface area contributed by atoms with Crippen molar-refractivity contribution in [1.82, 2.24) is 10.2 Å². The molecule has 0 radical (unpaired) electrons. The number of phenols is 1. The van der Waals surface area contributed by atoms with Crippen LogP contribution in [0.15, 0.2) is 12.1 Å². The van der Waals surface area contributed by atoms with Crippen LogP contribution < -0.4 is 5.32 Å². The van der Waals surface area contributed by atoms with Crippen LogP contribution in [0, 0.1) is 0 Å². The Kier molecular flexibility index (Phi) is 4.29. The number of aromatic nitrogens is 2. The van der Waals surface area contributed by atoms with Crippen LogP contribution in [-0.2, 0) is 30.6 Å². The Bertz CT molecular complexity index is 1000. The maximum absolute atomic E-state index is 11.0. The molecule has 6 nitrogen and oxygen atoms in total. The van der Waals surface area contributed by atoms with E-state index in [0.717, 1.165) is 98.0 Å². The monoisotopic (exact) mass is 407 g/mol. The van der Waals surface area contributed by atoms with Gasteiger partial charge in [0.15, 0.2) is 5.82 Å². The fourth-order valence-electron chi connectivity index (χ4n) is 5.54. The van der Waals surface area contributed by atoms with Crippen LogP contribution in [-0.4, -0.2) is 38.2 Å². The summed E-state index contributed by atoms with van der Waals surface area (Å²) in [7, 11) is 0. The number of nitrogens with zero attached hydrogens (tertiary/aromatic N) is 2. The molecule has 3 aliphatic carbocycles. The van der Waals surface area contributed by atoms with Crippen molar-refractivity contribution in [2.75, 3.05) is 5.32 Å². The van der Waals surface area contributed by atoms with Crippen LogP contribution >= 0.6 is 0 Å². The molecule has 0 bridgehead atoms. The number of aliphatic hydroxyl groups excluding tert-OH is 1. The predicted octanol–water partition coefficient (Wildman–Crippen LogP) is 3.66. The van der Waals surface area contributed by atoms with E-state index in [1.807, 2.05) is 6.07 Å². The first-order valence-electron chi connectivity index (χ1n) is 11.4. The lowest BCUT2D eigenvalue weighted by Crippen LogP contribution is -2.37. The van der Waals surface area contributed by atoms with E-state index in [4.69, 9.17) is 4.74 Å². The van der Waals surface area contributed by atoms with Gasteiger partial charge >= 0.3 is 0 Å². The summed E-state index contributed by atoms with van der Waals surface area (Å²) in [6, 6.07) is 4.16. The topological polar surface area (TPSA) is 87.5 Å². The lowest BCUT2D eigenvalue weighted by atomic mass is 9.90. The number of benzene rings is 1. The van der Waals surface area contributed by atoms with Crippen molar-refractivity contribution in [3.8, 4) is 17.0 Å². The molecule has 6 heteroatoms. The zero-order valence-electron chi connectivity index (χ0n) is 17.3. The van der Waals surface area contributed by atoms with Crippen LogP contribution in [0.2, 0.25) is 0 Å². The number of hydrogen-bond acceptors (Lipinski definition) is 6. The second kappa shape index (κ2) is 6.92. The Morgan fingerprint density at radius 1 is 1.00 bits per heavy atom. The van der Waals surface area contributed by atoms with Gasteiger partial charge in [0.05, 0.1) is 24.4 Å². The third kappa shape index (κ3) is 3.00. The Balaban J connectivity index is 1.43. The molecule has 30 heavy (non-hydrogen) atoms. The Morgan fingerprint density at radius 2 is 1.87 bits per heavy atom. The van der Waals surface area contributed by atoms with Crippen molar-refractivity contribution in [2.45, 2.75) is 88.6 Å². The lowest BCUT2D eigenvalue weighted by molar-refractivity contribution is 0.00823. The third-order valence-corrected chi connectivity index (χ3v) is 7.57. The van der Waals surface area contributed by atoms with Gasteiger partial charge in [0.2, 0.25) is 0 Å². The number of aryl methyl sites for hydroxylation is 1. The minimum Gasteiger partial charge on any atom is -0.507 e. The molecule has 4 aliphatic rings. The molecule has 158 valence electrons. The smallest absolute Gasteiger partial charge is 0.154 e. The van der Waals surface area contributed by atoms with Crippen LogP contribution in [0.4, 0.5) is 5.82 Å². The summed E-state index contributed by atoms with van der Waals surface area (Å²) >= 11 is 0. The summed E-state index contributed by atoms with van der Waals surface area (Å²) in [6.07, 6.45) is 9.64. The van der Waals surface area contributed by atoms with Crippen LogP contribution in [0.5, 0.6) is 5.75 Å². The van der Waals surface area contributed by atoms with Gasteiger partial charge in [-0.2, -0.15) is 0 Å². The number of rotatable bonds is 3.